The second-order valence-electron chi connectivity index (χ2n) is 7.90. The topological polar surface area (TPSA) is 119 Å². The van der Waals surface area contributed by atoms with E-state index in [0.717, 1.165) is 5.69 Å². The van der Waals surface area contributed by atoms with Crippen LogP contribution in [0.4, 0.5) is 8.78 Å². The molecule has 1 atom stereocenters. The minimum atomic E-state index is -3.02. The Labute approximate surface area is 190 Å². The van der Waals surface area contributed by atoms with Gasteiger partial charge in [-0.3, -0.25) is 4.79 Å². The summed E-state index contributed by atoms with van der Waals surface area (Å²) >= 11 is 0. The van der Waals surface area contributed by atoms with Crippen LogP contribution in [0.25, 0.3) is 22.7 Å². The summed E-state index contributed by atoms with van der Waals surface area (Å²) in [6.07, 6.45) is 1.99. The van der Waals surface area contributed by atoms with E-state index in [-0.39, 0.29) is 24.0 Å². The molecule has 0 aliphatic carbocycles. The van der Waals surface area contributed by atoms with Crippen LogP contribution in [-0.2, 0) is 13.5 Å². The average molecular weight is 465 g/mol. The molecule has 172 valence electrons. The second-order valence-corrected chi connectivity index (χ2v) is 7.90. The van der Waals surface area contributed by atoms with Gasteiger partial charge in [0.15, 0.2) is 17.3 Å². The van der Waals surface area contributed by atoms with E-state index in [1.165, 1.54) is 17.6 Å². The van der Waals surface area contributed by atoms with E-state index in [2.05, 4.69) is 24.9 Å². The molecule has 34 heavy (non-hydrogen) atoms. The number of nitrogens with one attached hydrogen (secondary N) is 1. The van der Waals surface area contributed by atoms with Gasteiger partial charge in [0.05, 0.1) is 18.3 Å². The fraction of sp³-hybridized carbons (Fsp3) is 0.227. The number of imidazole rings is 2. The van der Waals surface area contributed by atoms with E-state index in [1.807, 2.05) is 12.1 Å². The summed E-state index contributed by atoms with van der Waals surface area (Å²) < 4.78 is 40.9. The van der Waals surface area contributed by atoms with E-state index < -0.39 is 29.8 Å². The van der Waals surface area contributed by atoms with Crippen molar-refractivity contribution in [2.45, 2.75) is 18.9 Å². The summed E-state index contributed by atoms with van der Waals surface area (Å²) in [7, 11) is 1.72. The monoisotopic (exact) mass is 465 g/mol. The van der Waals surface area contributed by atoms with Gasteiger partial charge in [0, 0.05) is 31.9 Å². The van der Waals surface area contributed by atoms with Crippen LogP contribution < -0.4 is 0 Å². The van der Waals surface area contributed by atoms with E-state index in [9.17, 15) is 13.6 Å². The van der Waals surface area contributed by atoms with Crippen molar-refractivity contribution < 1.29 is 22.4 Å². The lowest BCUT2D eigenvalue weighted by molar-refractivity contribution is 0.0621. The minimum Gasteiger partial charge on any atom is -0.438 e. The van der Waals surface area contributed by atoms with Crippen LogP contribution in [0, 0.1) is 0 Å². The predicted octanol–water partition coefficient (Wildman–Crippen LogP) is 3.66. The fourth-order valence-electron chi connectivity index (χ4n) is 4.15. The van der Waals surface area contributed by atoms with Crippen LogP contribution in [0.3, 0.4) is 0 Å². The van der Waals surface area contributed by atoms with E-state index in [0.29, 0.717) is 23.2 Å². The van der Waals surface area contributed by atoms with Crippen LogP contribution in [0.5, 0.6) is 0 Å². The molecule has 0 bridgehead atoms. The maximum atomic E-state index is 13.9. The summed E-state index contributed by atoms with van der Waals surface area (Å²) in [6.45, 7) is 0.208. The molecular weight excluding hydrogens is 448 g/mol. The Hall–Kier alpha value is -4.35. The zero-order chi connectivity index (χ0) is 23.4. The summed E-state index contributed by atoms with van der Waals surface area (Å²) in [6, 6.07) is 6.35. The molecule has 0 fully saturated rings. The van der Waals surface area contributed by atoms with Crippen LogP contribution >= 0.6 is 0 Å². The molecule has 0 saturated carbocycles. The number of alkyl halides is 2. The van der Waals surface area contributed by atoms with Gasteiger partial charge in [-0.25, -0.2) is 28.7 Å². The Morgan fingerprint density at radius 2 is 2.06 bits per heavy atom. The molecule has 0 radical (unpaired) electrons. The highest BCUT2D eigenvalue weighted by atomic mass is 19.3. The second kappa shape index (κ2) is 7.61. The first-order chi connectivity index (χ1) is 16.5. The standard InChI is InChI=1S/C22H17F2N7O3/c1-30-8-13(27-10-30)20-29-16(19(23)24)18(34-20)22(32)31-7-6-12-15(26-9-25-12)17(31)21-28-11-4-2-3-5-14(11)33-21/h2-5,8-10,17,19H,6-7H2,1H3,(H,25,26)/t17-/m0/s1. The number of nitrogens with zero attached hydrogens (tertiary/aromatic N) is 6. The van der Waals surface area contributed by atoms with Gasteiger partial charge >= 0.3 is 0 Å². The maximum absolute atomic E-state index is 13.9. The smallest absolute Gasteiger partial charge is 0.292 e. The quantitative estimate of drug-likeness (QED) is 0.430. The molecule has 0 unspecified atom stereocenters. The van der Waals surface area contributed by atoms with Crippen molar-refractivity contribution in [2.75, 3.05) is 6.54 Å². The van der Waals surface area contributed by atoms with Crippen molar-refractivity contribution in [3.63, 3.8) is 0 Å². The molecule has 0 spiro atoms. The van der Waals surface area contributed by atoms with Gasteiger partial charge in [-0.1, -0.05) is 12.1 Å². The molecule has 1 aromatic carbocycles. The van der Waals surface area contributed by atoms with Gasteiger partial charge < -0.3 is 23.3 Å². The highest BCUT2D eigenvalue weighted by molar-refractivity contribution is 5.93. The number of benzene rings is 1. The molecular formula is C22H17F2N7O3. The zero-order valence-corrected chi connectivity index (χ0v) is 17.8. The number of amides is 1. The van der Waals surface area contributed by atoms with Gasteiger partial charge in [0.25, 0.3) is 12.3 Å². The molecule has 1 amide bonds. The van der Waals surface area contributed by atoms with Crippen molar-refractivity contribution in [2.24, 2.45) is 7.05 Å². The van der Waals surface area contributed by atoms with Gasteiger partial charge in [-0.15, -0.1) is 0 Å². The third-order valence-corrected chi connectivity index (χ3v) is 5.71. The number of H-pyrrole nitrogens is 1. The van der Waals surface area contributed by atoms with Crippen molar-refractivity contribution >= 4 is 17.0 Å². The zero-order valence-electron chi connectivity index (χ0n) is 17.8. The number of hydrogen-bond donors (Lipinski definition) is 1. The Kier molecular flexibility index (Phi) is 4.54. The van der Waals surface area contributed by atoms with Crippen molar-refractivity contribution in [1.82, 2.24) is 34.4 Å². The first-order valence-electron chi connectivity index (χ1n) is 10.5. The fourth-order valence-corrected chi connectivity index (χ4v) is 4.15. The van der Waals surface area contributed by atoms with E-state index >= 15 is 0 Å². The molecule has 1 N–H and O–H groups in total. The highest BCUT2D eigenvalue weighted by Gasteiger charge is 2.41. The lowest BCUT2D eigenvalue weighted by Gasteiger charge is -2.32. The van der Waals surface area contributed by atoms with Crippen molar-refractivity contribution in [3.8, 4) is 11.6 Å². The number of rotatable bonds is 4. The first kappa shape index (κ1) is 20.3. The van der Waals surface area contributed by atoms with Gasteiger partial charge in [-0.05, 0) is 12.1 Å². The molecule has 1 aliphatic rings. The molecule has 5 heterocycles. The minimum absolute atomic E-state index is 0.157. The lowest BCUT2D eigenvalue weighted by atomic mass is 10.0. The van der Waals surface area contributed by atoms with E-state index in [4.69, 9.17) is 8.83 Å². The molecule has 6 rings (SSSR count). The SMILES string of the molecule is Cn1cnc(-c2nc(C(F)F)c(C(=O)N3CCc4[nH]cnc4[C@H]3c3nc4ccccc4o3)o2)c1. The van der Waals surface area contributed by atoms with Crippen LogP contribution in [0.1, 0.15) is 46.0 Å². The van der Waals surface area contributed by atoms with Gasteiger partial charge in [0.2, 0.25) is 17.5 Å². The first-order valence-corrected chi connectivity index (χ1v) is 10.5. The molecule has 5 aromatic rings. The largest absolute Gasteiger partial charge is 0.438 e. The number of aromatic nitrogens is 6. The van der Waals surface area contributed by atoms with Gasteiger partial charge in [0.1, 0.15) is 11.2 Å². The summed E-state index contributed by atoms with van der Waals surface area (Å²) in [5, 5.41) is 0. The maximum Gasteiger partial charge on any atom is 0.292 e. The highest BCUT2D eigenvalue weighted by Crippen LogP contribution is 2.37. The number of carbonyl (C=O) groups excluding carboxylic acids is 1. The van der Waals surface area contributed by atoms with Gasteiger partial charge in [-0.2, -0.15) is 0 Å². The van der Waals surface area contributed by atoms with Crippen LogP contribution in [0.2, 0.25) is 0 Å². The number of carbonyl (C=O) groups is 1. The average Bonchev–Trinajstić information content (AvgIpc) is 3.62. The number of para-hydroxylation sites is 2. The number of halogens is 2. The molecule has 4 aromatic heterocycles. The summed E-state index contributed by atoms with van der Waals surface area (Å²) in [5.41, 5.74) is 2.00. The number of fused-ring (bicyclic) bond motifs is 2. The third kappa shape index (κ3) is 3.17. The van der Waals surface area contributed by atoms with Crippen LogP contribution in [-0.4, -0.2) is 46.8 Å². The number of aromatic amines is 1. The molecule has 12 heteroatoms. The summed E-state index contributed by atoms with van der Waals surface area (Å²) in [4.78, 5) is 34.9. The Bertz CT molecular complexity index is 1480. The Balaban J connectivity index is 1.45. The van der Waals surface area contributed by atoms with Crippen molar-refractivity contribution in [3.05, 3.63) is 71.8 Å². The Morgan fingerprint density at radius 3 is 2.82 bits per heavy atom. The molecule has 1 aliphatic heterocycles. The third-order valence-electron chi connectivity index (χ3n) is 5.71. The van der Waals surface area contributed by atoms with Crippen LogP contribution in [0.15, 0.2) is 52.0 Å². The lowest BCUT2D eigenvalue weighted by Crippen LogP contribution is -2.41. The molecule has 10 nitrogen and oxygen atoms in total. The summed E-state index contributed by atoms with van der Waals surface area (Å²) in [5.74, 6) is -1.23. The molecule has 0 saturated heterocycles. The normalized spacial score (nSPS) is 15.9. The number of hydrogen-bond acceptors (Lipinski definition) is 7. The van der Waals surface area contributed by atoms with E-state index in [1.54, 1.807) is 29.9 Å². The predicted molar refractivity (Wildman–Crippen MR) is 113 cm³/mol. The number of oxazole rings is 2. The Morgan fingerprint density at radius 1 is 1.21 bits per heavy atom. The van der Waals surface area contributed by atoms with Crippen molar-refractivity contribution in [1.29, 1.82) is 0 Å². The number of aryl methyl sites for hydroxylation is 1.